The number of likely N-dealkylation sites (tertiary alicyclic amines) is 1. The van der Waals surface area contributed by atoms with Crippen LogP contribution in [0.1, 0.15) is 19.8 Å². The van der Waals surface area contributed by atoms with Crippen LogP contribution in [0.4, 0.5) is 0 Å². The molecule has 0 amide bonds. The van der Waals surface area contributed by atoms with Crippen LogP contribution < -0.4 is 5.32 Å². The molecule has 2 atom stereocenters. The fraction of sp³-hybridized carbons (Fsp3) is 1.00. The van der Waals surface area contributed by atoms with Gasteiger partial charge in [-0.3, -0.25) is 0 Å². The van der Waals surface area contributed by atoms with Crippen molar-refractivity contribution < 1.29 is 4.74 Å². The molecular weight excluding hydrogens is 214 g/mol. The van der Waals surface area contributed by atoms with Crippen molar-refractivity contribution in [2.75, 3.05) is 54.0 Å². The van der Waals surface area contributed by atoms with Crippen LogP contribution in [0.3, 0.4) is 0 Å². The van der Waals surface area contributed by atoms with E-state index in [0.29, 0.717) is 6.04 Å². The molecule has 1 aliphatic rings. The second kappa shape index (κ2) is 8.03. The third-order valence-electron chi connectivity index (χ3n) is 3.51. The Morgan fingerprint density at radius 3 is 2.76 bits per heavy atom. The number of likely N-dealkylation sites (N-methyl/N-ethyl adjacent to an activating group) is 1. The molecule has 0 aromatic rings. The number of hydrogen-bond acceptors (Lipinski definition) is 4. The highest BCUT2D eigenvalue weighted by molar-refractivity contribution is 4.83. The molecule has 17 heavy (non-hydrogen) atoms. The Labute approximate surface area is 106 Å². The molecule has 1 aliphatic heterocycles. The summed E-state index contributed by atoms with van der Waals surface area (Å²) >= 11 is 0. The minimum atomic E-state index is 0.473. The summed E-state index contributed by atoms with van der Waals surface area (Å²) in [4.78, 5) is 4.89. The van der Waals surface area contributed by atoms with Crippen molar-refractivity contribution in [3.63, 3.8) is 0 Å². The molecule has 102 valence electrons. The molecule has 1 fully saturated rings. The largest absolute Gasteiger partial charge is 0.383 e. The van der Waals surface area contributed by atoms with Gasteiger partial charge < -0.3 is 19.9 Å². The number of nitrogens with one attached hydrogen (secondary N) is 1. The number of ether oxygens (including phenoxy) is 1. The molecule has 2 unspecified atom stereocenters. The third-order valence-corrected chi connectivity index (χ3v) is 3.51. The fourth-order valence-corrected chi connectivity index (χ4v) is 2.44. The Morgan fingerprint density at radius 1 is 1.47 bits per heavy atom. The molecule has 1 saturated heterocycles. The topological polar surface area (TPSA) is 27.7 Å². The van der Waals surface area contributed by atoms with E-state index < -0.39 is 0 Å². The summed E-state index contributed by atoms with van der Waals surface area (Å²) in [6, 6.07) is 1.20. The highest BCUT2D eigenvalue weighted by Crippen LogP contribution is 2.13. The third kappa shape index (κ3) is 5.34. The molecule has 0 spiro atoms. The first kappa shape index (κ1) is 14.9. The average Bonchev–Trinajstić information content (AvgIpc) is 2.75. The summed E-state index contributed by atoms with van der Waals surface area (Å²) < 4.78 is 5.29. The molecule has 0 saturated carbocycles. The minimum Gasteiger partial charge on any atom is -0.383 e. The van der Waals surface area contributed by atoms with Gasteiger partial charge in [0.05, 0.1) is 6.61 Å². The summed E-state index contributed by atoms with van der Waals surface area (Å²) in [7, 11) is 6.14. The smallest absolute Gasteiger partial charge is 0.0628 e. The van der Waals surface area contributed by atoms with E-state index in [2.05, 4.69) is 36.1 Å². The van der Waals surface area contributed by atoms with Crippen molar-refractivity contribution in [2.45, 2.75) is 31.8 Å². The van der Waals surface area contributed by atoms with E-state index in [9.17, 15) is 0 Å². The van der Waals surface area contributed by atoms with E-state index in [-0.39, 0.29) is 0 Å². The van der Waals surface area contributed by atoms with Gasteiger partial charge in [-0.1, -0.05) is 6.92 Å². The Hall–Kier alpha value is -0.160. The van der Waals surface area contributed by atoms with E-state index in [0.717, 1.165) is 25.7 Å². The zero-order valence-corrected chi connectivity index (χ0v) is 11.9. The SMILES string of the molecule is CCCNC(COC)CN1CCC(N(C)C)C1. The van der Waals surface area contributed by atoms with Gasteiger partial charge in [0, 0.05) is 32.3 Å². The lowest BCUT2D eigenvalue weighted by molar-refractivity contribution is 0.143. The van der Waals surface area contributed by atoms with Gasteiger partial charge in [-0.2, -0.15) is 0 Å². The first-order chi connectivity index (χ1) is 8.17. The molecule has 4 heteroatoms. The Bertz CT molecular complexity index is 199. The molecular formula is C13H29N3O. The molecule has 0 aromatic carbocycles. The van der Waals surface area contributed by atoms with Crippen molar-refractivity contribution in [2.24, 2.45) is 0 Å². The van der Waals surface area contributed by atoms with Gasteiger partial charge in [-0.15, -0.1) is 0 Å². The number of nitrogens with zero attached hydrogens (tertiary/aromatic N) is 2. The maximum Gasteiger partial charge on any atom is 0.0628 e. The number of methoxy groups -OCH3 is 1. The maximum absolute atomic E-state index is 5.29. The Kier molecular flexibility index (Phi) is 7.04. The maximum atomic E-state index is 5.29. The molecule has 1 N–H and O–H groups in total. The van der Waals surface area contributed by atoms with Gasteiger partial charge in [0.2, 0.25) is 0 Å². The zero-order valence-electron chi connectivity index (χ0n) is 11.9. The molecule has 0 aliphatic carbocycles. The highest BCUT2D eigenvalue weighted by atomic mass is 16.5. The van der Waals surface area contributed by atoms with Gasteiger partial charge in [-0.25, -0.2) is 0 Å². The van der Waals surface area contributed by atoms with Crippen LogP contribution in [0, 0.1) is 0 Å². The standard InChI is InChI=1S/C13H29N3O/c1-5-7-14-12(11-17-4)9-16-8-6-13(10-16)15(2)3/h12-14H,5-11H2,1-4H3. The molecule has 4 nitrogen and oxygen atoms in total. The van der Waals surface area contributed by atoms with Gasteiger partial charge in [0.25, 0.3) is 0 Å². The van der Waals surface area contributed by atoms with Gasteiger partial charge >= 0.3 is 0 Å². The van der Waals surface area contributed by atoms with Crippen LogP contribution in [0.25, 0.3) is 0 Å². The van der Waals surface area contributed by atoms with Crippen LogP contribution in [-0.4, -0.2) is 75.9 Å². The summed E-state index contributed by atoms with van der Waals surface area (Å²) in [6.07, 6.45) is 2.47. The lowest BCUT2D eigenvalue weighted by atomic mass is 10.2. The molecule has 1 heterocycles. The van der Waals surface area contributed by atoms with Gasteiger partial charge in [-0.05, 0) is 40.0 Å². The van der Waals surface area contributed by atoms with E-state index in [4.69, 9.17) is 4.74 Å². The van der Waals surface area contributed by atoms with Crippen LogP contribution in [-0.2, 0) is 4.74 Å². The van der Waals surface area contributed by atoms with Crippen molar-refractivity contribution in [1.82, 2.24) is 15.1 Å². The lowest BCUT2D eigenvalue weighted by Gasteiger charge is -2.25. The normalized spacial score (nSPS) is 23.5. The van der Waals surface area contributed by atoms with Gasteiger partial charge in [0.15, 0.2) is 0 Å². The quantitative estimate of drug-likeness (QED) is 0.677. The van der Waals surface area contributed by atoms with Crippen LogP contribution in [0.15, 0.2) is 0 Å². The van der Waals surface area contributed by atoms with Crippen LogP contribution in [0.2, 0.25) is 0 Å². The predicted molar refractivity (Wildman–Crippen MR) is 72.5 cm³/mol. The van der Waals surface area contributed by atoms with E-state index in [1.807, 2.05) is 0 Å². The second-order valence-corrected chi connectivity index (χ2v) is 5.27. The molecule has 1 rings (SSSR count). The Balaban J connectivity index is 2.29. The monoisotopic (exact) mass is 243 g/mol. The first-order valence-electron chi connectivity index (χ1n) is 6.78. The summed E-state index contributed by atoms with van der Waals surface area (Å²) in [5.41, 5.74) is 0. The summed E-state index contributed by atoms with van der Waals surface area (Å²) in [6.45, 7) is 7.62. The Morgan fingerprint density at radius 2 is 2.24 bits per heavy atom. The highest BCUT2D eigenvalue weighted by Gasteiger charge is 2.25. The molecule has 0 aromatic heterocycles. The number of hydrogen-bond donors (Lipinski definition) is 1. The molecule has 0 bridgehead atoms. The van der Waals surface area contributed by atoms with Crippen molar-refractivity contribution in [1.29, 1.82) is 0 Å². The van der Waals surface area contributed by atoms with E-state index in [1.54, 1.807) is 7.11 Å². The van der Waals surface area contributed by atoms with Crippen molar-refractivity contribution in [3.8, 4) is 0 Å². The predicted octanol–water partition coefficient (Wildman–Crippen LogP) is 0.637. The lowest BCUT2D eigenvalue weighted by Crippen LogP contribution is -2.44. The van der Waals surface area contributed by atoms with E-state index >= 15 is 0 Å². The van der Waals surface area contributed by atoms with Crippen molar-refractivity contribution >= 4 is 0 Å². The minimum absolute atomic E-state index is 0.473. The number of rotatable bonds is 8. The summed E-state index contributed by atoms with van der Waals surface area (Å²) in [5.74, 6) is 0. The first-order valence-corrected chi connectivity index (χ1v) is 6.78. The van der Waals surface area contributed by atoms with Crippen LogP contribution in [0.5, 0.6) is 0 Å². The van der Waals surface area contributed by atoms with Crippen LogP contribution >= 0.6 is 0 Å². The zero-order chi connectivity index (χ0) is 12.7. The summed E-state index contributed by atoms with van der Waals surface area (Å²) in [5, 5.41) is 3.56. The average molecular weight is 243 g/mol. The van der Waals surface area contributed by atoms with Crippen molar-refractivity contribution in [3.05, 3.63) is 0 Å². The van der Waals surface area contributed by atoms with Gasteiger partial charge in [0.1, 0.15) is 0 Å². The molecule has 0 radical (unpaired) electrons. The second-order valence-electron chi connectivity index (χ2n) is 5.27. The fourth-order valence-electron chi connectivity index (χ4n) is 2.44. The van der Waals surface area contributed by atoms with E-state index in [1.165, 1.54) is 25.9 Å².